The summed E-state index contributed by atoms with van der Waals surface area (Å²) in [7, 11) is 0. The van der Waals surface area contributed by atoms with Gasteiger partial charge in [0, 0.05) is 29.6 Å². The van der Waals surface area contributed by atoms with Gasteiger partial charge in [0.15, 0.2) is 0 Å². The van der Waals surface area contributed by atoms with Crippen LogP contribution in [0.25, 0.3) is 0 Å². The molecule has 0 saturated heterocycles. The number of ether oxygens (including phenoxy) is 1. The Hall–Kier alpha value is -2.73. The molecule has 2 aromatic carbocycles. The van der Waals surface area contributed by atoms with Gasteiger partial charge >= 0.3 is 0 Å². The average Bonchev–Trinajstić information content (AvgIpc) is 2.56. The minimum atomic E-state index is -0.253. The van der Waals surface area contributed by atoms with Crippen molar-refractivity contribution in [1.29, 1.82) is 0 Å². The van der Waals surface area contributed by atoms with Crippen molar-refractivity contribution in [2.24, 2.45) is 0 Å². The molecule has 0 aromatic heterocycles. The highest BCUT2D eigenvalue weighted by Gasteiger charge is 2.07. The summed E-state index contributed by atoms with van der Waals surface area (Å²) in [5, 5.41) is 0. The van der Waals surface area contributed by atoms with E-state index in [2.05, 4.69) is 17.7 Å². The van der Waals surface area contributed by atoms with Crippen molar-refractivity contribution < 1.29 is 9.13 Å². The molecule has 0 unspecified atom stereocenters. The number of benzene rings is 2. The molecule has 0 aliphatic carbocycles. The van der Waals surface area contributed by atoms with E-state index in [4.69, 9.17) is 11.2 Å². The zero-order chi connectivity index (χ0) is 16.7. The summed E-state index contributed by atoms with van der Waals surface area (Å²) in [4.78, 5) is 2.11. The monoisotopic (exact) mass is 309 g/mol. The molecule has 2 rings (SSSR count). The van der Waals surface area contributed by atoms with Crippen LogP contribution in [-0.4, -0.2) is 6.54 Å². The third kappa shape index (κ3) is 4.37. The van der Waals surface area contributed by atoms with E-state index in [1.807, 2.05) is 31.2 Å². The van der Waals surface area contributed by atoms with E-state index in [0.29, 0.717) is 11.3 Å². The fraction of sp³-hybridized carbons (Fsp3) is 0.200. The number of allylic oxidation sites excluding steroid dienone is 2. The van der Waals surface area contributed by atoms with Crippen molar-refractivity contribution in [3.8, 4) is 18.1 Å². The molecule has 0 spiro atoms. The lowest BCUT2D eigenvalue weighted by Gasteiger charge is -2.23. The van der Waals surface area contributed by atoms with Crippen LogP contribution >= 0.6 is 0 Å². The Balaban J connectivity index is 2.06. The van der Waals surface area contributed by atoms with Gasteiger partial charge in [-0.3, -0.25) is 0 Å². The molecule has 0 N–H and O–H groups in total. The summed E-state index contributed by atoms with van der Waals surface area (Å²) in [5.41, 5.74) is 2.59. The zero-order valence-electron chi connectivity index (χ0n) is 13.4. The molecule has 118 valence electrons. The number of hydrogen-bond donors (Lipinski definition) is 0. The van der Waals surface area contributed by atoms with Crippen LogP contribution < -0.4 is 9.64 Å². The van der Waals surface area contributed by atoms with Crippen molar-refractivity contribution in [3.63, 3.8) is 0 Å². The van der Waals surface area contributed by atoms with Crippen LogP contribution in [0.15, 0.2) is 60.3 Å². The molecule has 0 aliphatic heterocycles. The first kappa shape index (κ1) is 16.6. The van der Waals surface area contributed by atoms with Crippen molar-refractivity contribution >= 4 is 5.69 Å². The summed E-state index contributed by atoms with van der Waals surface area (Å²) >= 11 is 0. The summed E-state index contributed by atoms with van der Waals surface area (Å²) in [6.07, 6.45) is 7.07. The van der Waals surface area contributed by atoms with Crippen LogP contribution in [-0.2, 0) is 6.61 Å². The number of hydrogen-bond acceptors (Lipinski definition) is 2. The second-order valence-electron chi connectivity index (χ2n) is 5.07. The van der Waals surface area contributed by atoms with Gasteiger partial charge in [0.25, 0.3) is 0 Å². The van der Waals surface area contributed by atoms with Gasteiger partial charge in [0.1, 0.15) is 18.2 Å². The number of anilines is 1. The van der Waals surface area contributed by atoms with Crippen molar-refractivity contribution in [2.75, 3.05) is 11.4 Å². The maximum absolute atomic E-state index is 13.6. The van der Waals surface area contributed by atoms with Crippen LogP contribution in [0.3, 0.4) is 0 Å². The topological polar surface area (TPSA) is 12.5 Å². The van der Waals surface area contributed by atoms with E-state index in [1.54, 1.807) is 24.3 Å². The Morgan fingerprint density at radius 3 is 2.52 bits per heavy atom. The fourth-order valence-electron chi connectivity index (χ4n) is 2.33. The third-order valence-electron chi connectivity index (χ3n) is 3.53. The summed E-state index contributed by atoms with van der Waals surface area (Å²) in [6, 6.07) is 14.3. The van der Waals surface area contributed by atoms with Gasteiger partial charge in [-0.05, 0) is 44.2 Å². The summed E-state index contributed by atoms with van der Waals surface area (Å²) in [6.45, 7) is 5.07. The quantitative estimate of drug-likeness (QED) is 0.713. The number of halogens is 1. The van der Waals surface area contributed by atoms with Gasteiger partial charge in [-0.1, -0.05) is 24.1 Å². The van der Waals surface area contributed by atoms with Gasteiger partial charge in [-0.15, -0.1) is 6.42 Å². The van der Waals surface area contributed by atoms with Crippen LogP contribution in [0.5, 0.6) is 5.75 Å². The minimum absolute atomic E-state index is 0.208. The lowest BCUT2D eigenvalue weighted by atomic mass is 10.2. The Bertz CT molecular complexity index is 713. The Morgan fingerprint density at radius 2 is 1.91 bits per heavy atom. The normalized spacial score (nSPS) is 11.0. The number of nitrogens with zero attached hydrogens (tertiary/aromatic N) is 1. The molecule has 0 bridgehead atoms. The van der Waals surface area contributed by atoms with E-state index in [-0.39, 0.29) is 12.4 Å². The van der Waals surface area contributed by atoms with Crippen molar-refractivity contribution in [1.82, 2.24) is 0 Å². The number of terminal acetylenes is 1. The van der Waals surface area contributed by atoms with E-state index in [9.17, 15) is 4.39 Å². The van der Waals surface area contributed by atoms with Gasteiger partial charge in [-0.2, -0.15) is 0 Å². The SMILES string of the molecule is C#C/C=C(/C)N(CC)c1ccc(OCc2ccccc2F)cc1. The standard InChI is InChI=1S/C20H20FNO/c1-4-8-16(3)22(5-2)18-11-13-19(14-12-18)23-15-17-9-6-7-10-20(17)21/h1,6-14H,5,15H2,2-3H3/b16-8-. The Kier molecular flexibility index (Phi) is 5.82. The highest BCUT2D eigenvalue weighted by molar-refractivity contribution is 5.54. The molecule has 0 heterocycles. The van der Waals surface area contributed by atoms with Gasteiger partial charge in [-0.25, -0.2) is 4.39 Å². The summed E-state index contributed by atoms with van der Waals surface area (Å²) < 4.78 is 19.2. The molecule has 0 aliphatic rings. The second kappa shape index (κ2) is 8.05. The van der Waals surface area contributed by atoms with Crippen LogP contribution in [0.4, 0.5) is 10.1 Å². The van der Waals surface area contributed by atoms with E-state index in [1.165, 1.54) is 6.07 Å². The maximum Gasteiger partial charge on any atom is 0.129 e. The first-order chi connectivity index (χ1) is 11.2. The van der Waals surface area contributed by atoms with Crippen LogP contribution in [0.1, 0.15) is 19.4 Å². The summed E-state index contributed by atoms with van der Waals surface area (Å²) in [5.74, 6) is 2.99. The molecule has 23 heavy (non-hydrogen) atoms. The van der Waals surface area contributed by atoms with Crippen LogP contribution in [0.2, 0.25) is 0 Å². The zero-order valence-corrected chi connectivity index (χ0v) is 13.4. The van der Waals surface area contributed by atoms with E-state index in [0.717, 1.165) is 17.9 Å². The molecule has 0 atom stereocenters. The molecule has 0 saturated carbocycles. The molecule has 0 fully saturated rings. The van der Waals surface area contributed by atoms with Gasteiger partial charge < -0.3 is 9.64 Å². The highest BCUT2D eigenvalue weighted by atomic mass is 19.1. The van der Waals surface area contributed by atoms with E-state index >= 15 is 0 Å². The molecule has 0 amide bonds. The van der Waals surface area contributed by atoms with Gasteiger partial charge in [0.05, 0.1) is 0 Å². The average molecular weight is 309 g/mol. The lowest BCUT2D eigenvalue weighted by Crippen LogP contribution is -2.19. The van der Waals surface area contributed by atoms with Gasteiger partial charge in [0.2, 0.25) is 0 Å². The molecule has 3 heteroatoms. The molecule has 2 aromatic rings. The molecular formula is C20H20FNO. The fourth-order valence-corrected chi connectivity index (χ4v) is 2.33. The predicted octanol–water partition coefficient (Wildman–Crippen LogP) is 4.77. The Labute approximate surface area is 137 Å². The van der Waals surface area contributed by atoms with E-state index < -0.39 is 0 Å². The van der Waals surface area contributed by atoms with Crippen LogP contribution in [0, 0.1) is 18.2 Å². The predicted molar refractivity (Wildman–Crippen MR) is 92.8 cm³/mol. The third-order valence-corrected chi connectivity index (χ3v) is 3.53. The molecule has 2 nitrogen and oxygen atoms in total. The first-order valence-electron chi connectivity index (χ1n) is 7.52. The number of rotatable bonds is 6. The maximum atomic E-state index is 13.6. The largest absolute Gasteiger partial charge is 0.489 e. The highest BCUT2D eigenvalue weighted by Crippen LogP contribution is 2.23. The second-order valence-corrected chi connectivity index (χ2v) is 5.07. The minimum Gasteiger partial charge on any atom is -0.489 e. The first-order valence-corrected chi connectivity index (χ1v) is 7.52. The lowest BCUT2D eigenvalue weighted by molar-refractivity contribution is 0.300. The van der Waals surface area contributed by atoms with Crippen molar-refractivity contribution in [2.45, 2.75) is 20.5 Å². The smallest absolute Gasteiger partial charge is 0.129 e. The molecule has 0 radical (unpaired) electrons. The molecular weight excluding hydrogens is 289 g/mol. The van der Waals surface area contributed by atoms with Crippen molar-refractivity contribution in [3.05, 3.63) is 71.7 Å². The Morgan fingerprint density at radius 1 is 1.22 bits per heavy atom.